The van der Waals surface area contributed by atoms with Gasteiger partial charge in [0.25, 0.3) is 0 Å². The van der Waals surface area contributed by atoms with E-state index in [9.17, 15) is 0 Å². The monoisotopic (exact) mass is 318 g/mol. The summed E-state index contributed by atoms with van der Waals surface area (Å²) in [6.45, 7) is 5.24. The molecule has 0 bridgehead atoms. The molecule has 88 valence electrons. The molecule has 0 saturated carbocycles. The summed E-state index contributed by atoms with van der Waals surface area (Å²) in [5.41, 5.74) is 0.232. The van der Waals surface area contributed by atoms with Crippen LogP contribution in [0.3, 0.4) is 0 Å². The van der Waals surface area contributed by atoms with Crippen molar-refractivity contribution in [1.82, 2.24) is 5.32 Å². The lowest BCUT2D eigenvalue weighted by Gasteiger charge is -2.20. The van der Waals surface area contributed by atoms with Gasteiger partial charge in [-0.1, -0.05) is 18.7 Å². The van der Waals surface area contributed by atoms with Gasteiger partial charge in [0.15, 0.2) is 5.17 Å². The lowest BCUT2D eigenvalue weighted by Crippen LogP contribution is -2.39. The van der Waals surface area contributed by atoms with E-state index in [4.69, 9.17) is 0 Å². The second-order valence-electron chi connectivity index (χ2n) is 4.14. The number of hydrogen-bond acceptors (Lipinski definition) is 3. The van der Waals surface area contributed by atoms with Crippen LogP contribution in [0.1, 0.15) is 25.1 Å². The summed E-state index contributed by atoms with van der Waals surface area (Å²) in [7, 11) is 0. The Kier molecular flexibility index (Phi) is 3.97. The Balaban J connectivity index is 1.98. The predicted molar refractivity (Wildman–Crippen MR) is 77.4 cm³/mol. The Morgan fingerprint density at radius 3 is 3.00 bits per heavy atom. The van der Waals surface area contributed by atoms with Crippen LogP contribution in [0.15, 0.2) is 20.9 Å². The third-order valence-corrected chi connectivity index (χ3v) is 5.97. The van der Waals surface area contributed by atoms with Gasteiger partial charge in [0.05, 0.1) is 6.54 Å². The number of halogens is 1. The molecule has 1 atom stereocenters. The standard InChI is InChI=1S/C11H15BrN2S2/c1-3-11(2)7-16-10(14-11)13-6-9-8(12)4-5-15-9/h4-5H,3,6-7H2,1-2H3,(H,13,14). The summed E-state index contributed by atoms with van der Waals surface area (Å²) in [4.78, 5) is 5.91. The van der Waals surface area contributed by atoms with Gasteiger partial charge in [0.2, 0.25) is 0 Å². The normalized spacial score (nSPS) is 27.3. The van der Waals surface area contributed by atoms with E-state index in [0.29, 0.717) is 0 Å². The van der Waals surface area contributed by atoms with Crippen molar-refractivity contribution in [3.05, 3.63) is 20.8 Å². The van der Waals surface area contributed by atoms with Gasteiger partial charge < -0.3 is 5.32 Å². The van der Waals surface area contributed by atoms with E-state index in [1.807, 2.05) is 11.8 Å². The molecule has 2 rings (SSSR count). The van der Waals surface area contributed by atoms with Crippen molar-refractivity contribution < 1.29 is 0 Å². The van der Waals surface area contributed by atoms with Crippen molar-refractivity contribution in [2.75, 3.05) is 5.75 Å². The zero-order valence-electron chi connectivity index (χ0n) is 9.42. The van der Waals surface area contributed by atoms with Gasteiger partial charge in [-0.15, -0.1) is 11.3 Å². The molecule has 5 heteroatoms. The van der Waals surface area contributed by atoms with Crippen LogP contribution in [0, 0.1) is 0 Å². The van der Waals surface area contributed by atoms with E-state index >= 15 is 0 Å². The Labute approximate surface area is 113 Å². The largest absolute Gasteiger partial charge is 0.359 e. The van der Waals surface area contributed by atoms with Crippen LogP contribution < -0.4 is 5.32 Å². The second-order valence-corrected chi connectivity index (χ2v) is 6.96. The molecule has 2 heterocycles. The summed E-state index contributed by atoms with van der Waals surface area (Å²) in [6, 6.07) is 2.07. The molecule has 1 saturated heterocycles. The number of amidine groups is 1. The number of nitrogens with one attached hydrogen (secondary N) is 1. The molecular formula is C11H15BrN2S2. The van der Waals surface area contributed by atoms with Crippen molar-refractivity contribution in [2.24, 2.45) is 4.99 Å². The van der Waals surface area contributed by atoms with Gasteiger partial charge in [-0.3, -0.25) is 4.99 Å². The number of rotatable bonds is 3. The molecule has 1 aromatic heterocycles. The summed E-state index contributed by atoms with van der Waals surface area (Å²) in [5.74, 6) is 1.12. The fourth-order valence-corrected chi connectivity index (χ4v) is 4.02. The molecule has 1 fully saturated rings. The van der Waals surface area contributed by atoms with Crippen LogP contribution in [0.4, 0.5) is 0 Å². The van der Waals surface area contributed by atoms with E-state index < -0.39 is 0 Å². The van der Waals surface area contributed by atoms with Crippen LogP contribution in [-0.4, -0.2) is 16.5 Å². The molecule has 2 nitrogen and oxygen atoms in total. The first-order valence-corrected chi connectivity index (χ1v) is 7.96. The van der Waals surface area contributed by atoms with E-state index in [0.717, 1.165) is 23.9 Å². The zero-order chi connectivity index (χ0) is 11.6. The fraction of sp³-hybridized carbons (Fsp3) is 0.545. The van der Waals surface area contributed by atoms with Crippen LogP contribution in [-0.2, 0) is 6.54 Å². The maximum absolute atomic E-state index is 4.62. The molecule has 1 N–H and O–H groups in total. The van der Waals surface area contributed by atoms with Crippen molar-refractivity contribution in [3.63, 3.8) is 0 Å². The van der Waals surface area contributed by atoms with Gasteiger partial charge in [-0.05, 0) is 40.7 Å². The van der Waals surface area contributed by atoms with E-state index in [2.05, 4.69) is 51.5 Å². The average Bonchev–Trinajstić information content (AvgIpc) is 2.84. The number of hydrogen-bond donors (Lipinski definition) is 1. The highest BCUT2D eigenvalue weighted by Gasteiger charge is 2.30. The molecule has 0 aromatic carbocycles. The lowest BCUT2D eigenvalue weighted by molar-refractivity contribution is 0.466. The minimum Gasteiger partial charge on any atom is -0.359 e. The minimum atomic E-state index is 0.232. The van der Waals surface area contributed by atoms with Gasteiger partial charge in [0.1, 0.15) is 0 Å². The van der Waals surface area contributed by atoms with E-state index in [1.165, 1.54) is 9.35 Å². The van der Waals surface area contributed by atoms with Crippen molar-refractivity contribution >= 4 is 44.2 Å². The first-order valence-electron chi connectivity index (χ1n) is 5.30. The topological polar surface area (TPSA) is 24.4 Å². The van der Waals surface area contributed by atoms with E-state index in [-0.39, 0.29) is 5.54 Å². The smallest absolute Gasteiger partial charge is 0.157 e. The number of nitrogens with zero attached hydrogens (tertiary/aromatic N) is 1. The third-order valence-electron chi connectivity index (χ3n) is 2.77. The van der Waals surface area contributed by atoms with Crippen molar-refractivity contribution in [1.29, 1.82) is 0 Å². The molecule has 16 heavy (non-hydrogen) atoms. The summed E-state index contributed by atoms with van der Waals surface area (Å²) in [6.07, 6.45) is 1.14. The second kappa shape index (κ2) is 5.10. The van der Waals surface area contributed by atoms with E-state index in [1.54, 1.807) is 11.3 Å². The molecule has 1 aliphatic rings. The number of thiophene rings is 1. The van der Waals surface area contributed by atoms with Crippen LogP contribution in [0.5, 0.6) is 0 Å². The third kappa shape index (κ3) is 2.81. The Hall–Kier alpha value is -0.0000000000000000555. The predicted octanol–water partition coefficient (Wildman–Crippen LogP) is 3.87. The number of aliphatic imine (C=N–C) groups is 1. The molecule has 1 aliphatic heterocycles. The molecule has 1 aromatic rings. The Morgan fingerprint density at radius 1 is 1.62 bits per heavy atom. The zero-order valence-corrected chi connectivity index (χ0v) is 12.6. The van der Waals surface area contributed by atoms with Gasteiger partial charge in [-0.25, -0.2) is 0 Å². The molecule has 0 radical (unpaired) electrons. The maximum atomic E-state index is 4.62. The highest BCUT2D eigenvalue weighted by Crippen LogP contribution is 2.27. The lowest BCUT2D eigenvalue weighted by atomic mass is 10.0. The number of thioether (sulfide) groups is 1. The molecule has 1 unspecified atom stereocenters. The average molecular weight is 319 g/mol. The van der Waals surface area contributed by atoms with Crippen LogP contribution >= 0.6 is 39.0 Å². The molecule has 0 aliphatic carbocycles. The van der Waals surface area contributed by atoms with Crippen LogP contribution in [0.2, 0.25) is 0 Å². The SMILES string of the molecule is CCC1(C)CSC(=NCc2sccc2Br)N1. The fourth-order valence-electron chi connectivity index (χ4n) is 1.42. The minimum absolute atomic E-state index is 0.232. The Bertz CT molecular complexity index is 402. The molecule has 0 spiro atoms. The van der Waals surface area contributed by atoms with Gasteiger partial charge >= 0.3 is 0 Å². The van der Waals surface area contributed by atoms with Crippen LogP contribution in [0.25, 0.3) is 0 Å². The quantitative estimate of drug-likeness (QED) is 0.914. The summed E-state index contributed by atoms with van der Waals surface area (Å²) in [5, 5.41) is 6.68. The molecule has 0 amide bonds. The summed E-state index contributed by atoms with van der Waals surface area (Å²) >= 11 is 7.10. The van der Waals surface area contributed by atoms with Gasteiger partial charge in [-0.2, -0.15) is 0 Å². The Morgan fingerprint density at radius 2 is 2.44 bits per heavy atom. The highest BCUT2D eigenvalue weighted by atomic mass is 79.9. The highest BCUT2D eigenvalue weighted by molar-refractivity contribution is 9.10. The molecular weight excluding hydrogens is 304 g/mol. The van der Waals surface area contributed by atoms with Crippen molar-refractivity contribution in [2.45, 2.75) is 32.4 Å². The maximum Gasteiger partial charge on any atom is 0.157 e. The first kappa shape index (κ1) is 12.5. The first-order chi connectivity index (χ1) is 7.63. The summed E-state index contributed by atoms with van der Waals surface area (Å²) < 4.78 is 1.17. The van der Waals surface area contributed by atoms with Crippen molar-refractivity contribution in [3.8, 4) is 0 Å². The van der Waals surface area contributed by atoms with Gasteiger partial charge in [0, 0.05) is 20.6 Å².